The molecule has 4 rings (SSSR count). The molecule has 0 spiro atoms. The molecule has 0 aliphatic heterocycles. The predicted molar refractivity (Wildman–Crippen MR) is 114 cm³/mol. The maximum absolute atomic E-state index is 11.6. The van der Waals surface area contributed by atoms with Gasteiger partial charge in [0.2, 0.25) is 0 Å². The number of nitrogens with zero attached hydrogens (tertiary/aromatic N) is 6. The molecule has 32 heavy (non-hydrogen) atoms. The van der Waals surface area contributed by atoms with Crippen molar-refractivity contribution in [1.82, 2.24) is 29.5 Å². The van der Waals surface area contributed by atoms with Crippen LogP contribution in [0.3, 0.4) is 0 Å². The molecule has 162 valence electrons. The van der Waals surface area contributed by atoms with E-state index in [1.165, 1.54) is 21.5 Å². The molecule has 10 nitrogen and oxygen atoms in total. The molecule has 4 heterocycles. The number of carboxylic acids is 2. The van der Waals surface area contributed by atoms with Crippen LogP contribution in [0.25, 0.3) is 22.5 Å². The standard InChI is InChI=1S/C22H20N6O4/c29-21(30)19-13-17(15-3-7-23-8-4-15)25-27(19)11-1-2-12-28-20(22(31)32)14-18(26-28)16-5-9-24-10-6-16/h3-10,13-14H,1-2,11-12H2,(H,29,30)(H,31,32). The molecule has 10 heteroatoms. The second-order valence-electron chi connectivity index (χ2n) is 7.07. The summed E-state index contributed by atoms with van der Waals surface area (Å²) < 4.78 is 2.92. The van der Waals surface area contributed by atoms with Crippen LogP contribution in [0.5, 0.6) is 0 Å². The molecule has 0 amide bonds. The molecule has 0 radical (unpaired) electrons. The third kappa shape index (κ3) is 4.53. The quantitative estimate of drug-likeness (QED) is 0.385. The summed E-state index contributed by atoms with van der Waals surface area (Å²) in [7, 11) is 0. The van der Waals surface area contributed by atoms with Gasteiger partial charge in [-0.3, -0.25) is 19.3 Å². The number of aromatic carboxylic acids is 2. The zero-order chi connectivity index (χ0) is 22.5. The van der Waals surface area contributed by atoms with Gasteiger partial charge in [0, 0.05) is 49.0 Å². The van der Waals surface area contributed by atoms with Gasteiger partial charge in [-0.15, -0.1) is 0 Å². The van der Waals surface area contributed by atoms with Gasteiger partial charge in [-0.05, 0) is 49.2 Å². The summed E-state index contributed by atoms with van der Waals surface area (Å²) in [6.45, 7) is 0.765. The summed E-state index contributed by atoms with van der Waals surface area (Å²) in [4.78, 5) is 31.2. The first-order valence-electron chi connectivity index (χ1n) is 9.96. The molecule has 0 atom stereocenters. The monoisotopic (exact) mass is 432 g/mol. The lowest BCUT2D eigenvalue weighted by atomic mass is 10.2. The van der Waals surface area contributed by atoms with E-state index in [1.54, 1.807) is 49.1 Å². The fraction of sp³-hybridized carbons (Fsp3) is 0.182. The van der Waals surface area contributed by atoms with Crippen molar-refractivity contribution >= 4 is 11.9 Å². The molecule has 2 N–H and O–H groups in total. The van der Waals surface area contributed by atoms with Crippen LogP contribution in [0, 0.1) is 0 Å². The normalized spacial score (nSPS) is 10.9. The number of pyridine rings is 2. The molecular weight excluding hydrogens is 412 g/mol. The number of hydrogen-bond acceptors (Lipinski definition) is 6. The smallest absolute Gasteiger partial charge is 0.354 e. The van der Waals surface area contributed by atoms with Gasteiger partial charge in [0.1, 0.15) is 11.4 Å². The lowest BCUT2D eigenvalue weighted by molar-refractivity contribution is 0.0671. The highest BCUT2D eigenvalue weighted by Gasteiger charge is 2.17. The molecule has 4 aromatic heterocycles. The predicted octanol–water partition coefficient (Wildman–Crippen LogP) is 3.08. The number of unbranched alkanes of at least 4 members (excludes halogenated alkanes) is 1. The topological polar surface area (TPSA) is 136 Å². The van der Waals surface area contributed by atoms with Gasteiger partial charge < -0.3 is 10.2 Å². The molecule has 0 unspecified atom stereocenters. The van der Waals surface area contributed by atoms with E-state index in [1.807, 2.05) is 0 Å². The van der Waals surface area contributed by atoms with Crippen LogP contribution in [-0.4, -0.2) is 51.7 Å². The molecule has 0 saturated carbocycles. The zero-order valence-electron chi connectivity index (χ0n) is 17.0. The van der Waals surface area contributed by atoms with Gasteiger partial charge in [-0.1, -0.05) is 0 Å². The number of carboxylic acid groups (broad SMARTS) is 2. The Hall–Kier alpha value is -4.34. The summed E-state index contributed by atoms with van der Waals surface area (Å²) in [6.07, 6.45) is 7.69. The average Bonchev–Trinajstić information content (AvgIpc) is 3.43. The summed E-state index contributed by atoms with van der Waals surface area (Å²) in [5, 5.41) is 27.9. The van der Waals surface area contributed by atoms with Crippen LogP contribution in [0.1, 0.15) is 33.8 Å². The molecule has 0 fully saturated rings. The summed E-state index contributed by atoms with van der Waals surface area (Å²) in [6, 6.07) is 10.1. The first kappa shape index (κ1) is 20.9. The van der Waals surface area contributed by atoms with Gasteiger partial charge in [-0.2, -0.15) is 10.2 Å². The van der Waals surface area contributed by atoms with E-state index < -0.39 is 11.9 Å². The Morgan fingerprint density at radius 2 is 1.06 bits per heavy atom. The Morgan fingerprint density at radius 1 is 0.688 bits per heavy atom. The number of aromatic nitrogens is 6. The van der Waals surface area contributed by atoms with Gasteiger partial charge in [0.05, 0.1) is 11.4 Å². The highest BCUT2D eigenvalue weighted by molar-refractivity contribution is 5.87. The summed E-state index contributed by atoms with van der Waals surface area (Å²) >= 11 is 0. The Labute approximate surface area is 182 Å². The van der Waals surface area contributed by atoms with Crippen LogP contribution in [0.2, 0.25) is 0 Å². The van der Waals surface area contributed by atoms with Crippen molar-refractivity contribution in [1.29, 1.82) is 0 Å². The van der Waals surface area contributed by atoms with Gasteiger partial charge >= 0.3 is 11.9 Å². The van der Waals surface area contributed by atoms with Gasteiger partial charge in [0.15, 0.2) is 0 Å². The summed E-state index contributed by atoms with van der Waals surface area (Å²) in [5.41, 5.74) is 2.89. The number of hydrogen-bond donors (Lipinski definition) is 2. The van der Waals surface area contributed by atoms with E-state index in [0.717, 1.165) is 11.1 Å². The number of carbonyl (C=O) groups is 2. The third-order valence-electron chi connectivity index (χ3n) is 4.94. The van der Waals surface area contributed by atoms with Crippen LogP contribution in [-0.2, 0) is 13.1 Å². The van der Waals surface area contributed by atoms with E-state index in [4.69, 9.17) is 0 Å². The second-order valence-corrected chi connectivity index (χ2v) is 7.07. The van der Waals surface area contributed by atoms with Crippen LogP contribution < -0.4 is 0 Å². The number of rotatable bonds is 9. The van der Waals surface area contributed by atoms with E-state index in [0.29, 0.717) is 37.3 Å². The maximum Gasteiger partial charge on any atom is 0.354 e. The molecule has 0 aliphatic carbocycles. The lowest BCUT2D eigenvalue weighted by Crippen LogP contribution is -2.13. The van der Waals surface area contributed by atoms with Crippen molar-refractivity contribution < 1.29 is 19.8 Å². The largest absolute Gasteiger partial charge is 0.477 e. The molecule has 0 aromatic carbocycles. The van der Waals surface area contributed by atoms with Crippen molar-refractivity contribution in [3.8, 4) is 22.5 Å². The molecule has 0 aliphatic rings. The van der Waals surface area contributed by atoms with E-state index >= 15 is 0 Å². The van der Waals surface area contributed by atoms with Crippen LogP contribution in [0.4, 0.5) is 0 Å². The zero-order valence-corrected chi connectivity index (χ0v) is 17.0. The first-order valence-corrected chi connectivity index (χ1v) is 9.96. The Morgan fingerprint density at radius 3 is 1.41 bits per heavy atom. The summed E-state index contributed by atoms with van der Waals surface area (Å²) in [5.74, 6) is -2.11. The molecule has 4 aromatic rings. The SMILES string of the molecule is O=C(O)c1cc(-c2ccncc2)nn1CCCCn1nc(-c2ccncc2)cc1C(=O)O. The second kappa shape index (κ2) is 9.21. The van der Waals surface area contributed by atoms with E-state index in [9.17, 15) is 19.8 Å². The minimum atomic E-state index is -1.06. The van der Waals surface area contributed by atoms with Crippen molar-refractivity contribution in [3.05, 3.63) is 72.6 Å². The van der Waals surface area contributed by atoms with Crippen molar-refractivity contribution in [3.63, 3.8) is 0 Å². The van der Waals surface area contributed by atoms with Crippen molar-refractivity contribution in [2.45, 2.75) is 25.9 Å². The highest BCUT2D eigenvalue weighted by Crippen LogP contribution is 2.20. The Bertz CT molecular complexity index is 1140. The van der Waals surface area contributed by atoms with Crippen LogP contribution in [0.15, 0.2) is 61.2 Å². The molecular formula is C22H20N6O4. The molecule has 0 bridgehead atoms. The van der Waals surface area contributed by atoms with E-state index in [-0.39, 0.29) is 11.4 Å². The minimum Gasteiger partial charge on any atom is -0.477 e. The highest BCUT2D eigenvalue weighted by atomic mass is 16.4. The fourth-order valence-corrected chi connectivity index (χ4v) is 3.37. The van der Waals surface area contributed by atoms with Gasteiger partial charge in [0.25, 0.3) is 0 Å². The van der Waals surface area contributed by atoms with Gasteiger partial charge in [-0.25, -0.2) is 9.59 Å². The fourth-order valence-electron chi connectivity index (χ4n) is 3.37. The average molecular weight is 432 g/mol. The van der Waals surface area contributed by atoms with E-state index in [2.05, 4.69) is 20.2 Å². The first-order chi connectivity index (χ1) is 15.5. The Balaban J connectivity index is 1.44. The van der Waals surface area contributed by atoms with Crippen molar-refractivity contribution in [2.75, 3.05) is 0 Å². The minimum absolute atomic E-state index is 0.0992. The lowest BCUT2D eigenvalue weighted by Gasteiger charge is -2.06. The third-order valence-corrected chi connectivity index (χ3v) is 4.94. The van der Waals surface area contributed by atoms with Crippen molar-refractivity contribution in [2.24, 2.45) is 0 Å². The Kier molecular flexibility index (Phi) is 6.02. The van der Waals surface area contributed by atoms with Crippen LogP contribution >= 0.6 is 0 Å². The number of aryl methyl sites for hydroxylation is 2. The molecule has 0 saturated heterocycles. The maximum atomic E-state index is 11.6.